The first kappa shape index (κ1) is 23.2. The Bertz CT molecular complexity index is 1090. The van der Waals surface area contributed by atoms with Gasteiger partial charge >= 0.3 is 5.97 Å². The molecule has 0 bridgehead atoms. The molecule has 170 valence electrons. The number of hydrogen-bond donors (Lipinski definition) is 0. The van der Waals surface area contributed by atoms with Crippen LogP contribution >= 0.6 is 24.0 Å². The number of rotatable bonds is 7. The van der Waals surface area contributed by atoms with E-state index in [0.717, 1.165) is 36.3 Å². The molecule has 2 aliphatic rings. The summed E-state index contributed by atoms with van der Waals surface area (Å²) in [5.74, 6) is 0.593. The van der Waals surface area contributed by atoms with E-state index in [2.05, 4.69) is 0 Å². The molecule has 2 saturated heterocycles. The third-order valence-corrected chi connectivity index (χ3v) is 6.59. The van der Waals surface area contributed by atoms with Crippen LogP contribution in [-0.2, 0) is 14.3 Å². The quantitative estimate of drug-likeness (QED) is 0.246. The molecule has 4 rings (SSSR count). The molecule has 2 aromatic carbocycles. The zero-order chi connectivity index (χ0) is 23.2. The maximum Gasteiger partial charge on any atom is 0.336 e. The molecule has 33 heavy (non-hydrogen) atoms. The number of benzene rings is 2. The Labute approximate surface area is 202 Å². The van der Waals surface area contributed by atoms with Crippen LogP contribution in [0.4, 0.5) is 0 Å². The predicted octanol–water partition coefficient (Wildman–Crippen LogP) is 4.69. The van der Waals surface area contributed by atoms with Crippen LogP contribution in [0.1, 0.15) is 24.0 Å². The van der Waals surface area contributed by atoms with Crippen molar-refractivity contribution in [1.82, 2.24) is 4.90 Å². The highest BCUT2D eigenvalue weighted by Crippen LogP contribution is 2.33. The van der Waals surface area contributed by atoms with E-state index in [1.165, 1.54) is 17.8 Å². The molecule has 0 unspecified atom stereocenters. The lowest BCUT2D eigenvalue weighted by Gasteiger charge is -2.18. The third-order valence-electron chi connectivity index (χ3n) is 5.21. The van der Waals surface area contributed by atoms with Crippen molar-refractivity contribution >= 4 is 52.3 Å². The molecule has 0 aliphatic carbocycles. The minimum absolute atomic E-state index is 0.0552. The predicted molar refractivity (Wildman–Crippen MR) is 133 cm³/mol. The first-order valence-corrected chi connectivity index (χ1v) is 11.8. The van der Waals surface area contributed by atoms with Crippen LogP contribution in [-0.4, -0.2) is 47.5 Å². The SMILES string of the molecule is COc1ccc(/C=C/C(=O)Oc2ccc(/C=C3\SC(=S)N(C[C@H]4CCCO4)C3=O)cc2)cc1. The number of carbonyl (C=O) groups excluding carboxylic acids is 2. The van der Waals surface area contributed by atoms with E-state index in [9.17, 15) is 9.59 Å². The summed E-state index contributed by atoms with van der Waals surface area (Å²) in [6.45, 7) is 1.24. The molecular formula is C25H23NO5S2. The van der Waals surface area contributed by atoms with Crippen LogP contribution in [0, 0.1) is 0 Å². The minimum atomic E-state index is -0.478. The lowest BCUT2D eigenvalue weighted by Crippen LogP contribution is -2.35. The van der Waals surface area contributed by atoms with Crippen LogP contribution in [0.3, 0.4) is 0 Å². The zero-order valence-corrected chi connectivity index (χ0v) is 19.7. The highest BCUT2D eigenvalue weighted by atomic mass is 32.2. The van der Waals surface area contributed by atoms with Crippen molar-refractivity contribution in [3.63, 3.8) is 0 Å². The fraction of sp³-hybridized carbons (Fsp3) is 0.240. The summed E-state index contributed by atoms with van der Waals surface area (Å²) in [6.07, 6.45) is 6.86. The van der Waals surface area contributed by atoms with Gasteiger partial charge in [0.05, 0.1) is 24.7 Å². The smallest absolute Gasteiger partial charge is 0.336 e. The van der Waals surface area contributed by atoms with Crippen LogP contribution in [0.25, 0.3) is 12.2 Å². The minimum Gasteiger partial charge on any atom is -0.497 e. The van der Waals surface area contributed by atoms with Crippen LogP contribution in [0.15, 0.2) is 59.5 Å². The van der Waals surface area contributed by atoms with Gasteiger partial charge in [-0.1, -0.05) is 48.2 Å². The Hall–Kier alpha value is -2.94. The highest BCUT2D eigenvalue weighted by Gasteiger charge is 2.34. The van der Waals surface area contributed by atoms with Crippen molar-refractivity contribution in [1.29, 1.82) is 0 Å². The number of ether oxygens (including phenoxy) is 3. The fourth-order valence-electron chi connectivity index (χ4n) is 3.46. The number of amides is 1. The molecule has 0 radical (unpaired) electrons. The lowest BCUT2D eigenvalue weighted by atomic mass is 10.2. The first-order valence-electron chi connectivity index (χ1n) is 10.5. The molecule has 8 heteroatoms. The van der Waals surface area contributed by atoms with E-state index in [1.54, 1.807) is 48.4 Å². The fourth-order valence-corrected chi connectivity index (χ4v) is 4.74. The number of thioether (sulfide) groups is 1. The van der Waals surface area contributed by atoms with Crippen LogP contribution in [0.5, 0.6) is 11.5 Å². The molecular weight excluding hydrogens is 458 g/mol. The van der Waals surface area contributed by atoms with Crippen LogP contribution in [0.2, 0.25) is 0 Å². The molecule has 2 heterocycles. The van der Waals surface area contributed by atoms with E-state index in [0.29, 0.717) is 21.5 Å². The number of thiocarbonyl (C=S) groups is 1. The van der Waals surface area contributed by atoms with Crippen LogP contribution < -0.4 is 9.47 Å². The average molecular weight is 482 g/mol. The lowest BCUT2D eigenvalue weighted by molar-refractivity contribution is -0.129. The van der Waals surface area contributed by atoms with Crippen molar-refractivity contribution in [3.8, 4) is 11.5 Å². The van der Waals surface area contributed by atoms with Gasteiger partial charge in [0.25, 0.3) is 5.91 Å². The maximum atomic E-state index is 12.8. The summed E-state index contributed by atoms with van der Waals surface area (Å²) >= 11 is 6.68. The molecule has 0 saturated carbocycles. The van der Waals surface area contributed by atoms with E-state index in [1.807, 2.05) is 24.3 Å². The molecule has 0 spiro atoms. The van der Waals surface area contributed by atoms with E-state index in [-0.39, 0.29) is 12.0 Å². The molecule has 1 amide bonds. The van der Waals surface area contributed by atoms with Gasteiger partial charge in [0.1, 0.15) is 15.8 Å². The van der Waals surface area contributed by atoms with Gasteiger partial charge in [0.15, 0.2) is 0 Å². The molecule has 2 aliphatic heterocycles. The van der Waals surface area contributed by atoms with Crippen molar-refractivity contribution in [2.24, 2.45) is 0 Å². The van der Waals surface area contributed by atoms with Gasteiger partial charge in [0.2, 0.25) is 0 Å². The van der Waals surface area contributed by atoms with Crippen molar-refractivity contribution in [3.05, 3.63) is 70.6 Å². The van der Waals surface area contributed by atoms with Crippen molar-refractivity contribution < 1.29 is 23.8 Å². The topological polar surface area (TPSA) is 65.1 Å². The Morgan fingerprint density at radius 3 is 2.52 bits per heavy atom. The molecule has 2 fully saturated rings. The second-order valence-corrected chi connectivity index (χ2v) is 9.20. The zero-order valence-electron chi connectivity index (χ0n) is 18.1. The molecule has 1 atom stereocenters. The Morgan fingerprint density at radius 1 is 1.15 bits per heavy atom. The monoisotopic (exact) mass is 481 g/mol. The molecule has 0 aromatic heterocycles. The standard InChI is InChI=1S/C25H23NO5S2/c1-29-19-9-4-17(5-10-19)8-13-23(27)31-20-11-6-18(7-12-20)15-22-24(28)26(25(32)33-22)16-21-3-2-14-30-21/h4-13,15,21H,2-3,14,16H2,1H3/b13-8+,22-15-/t21-/m1/s1. The van der Waals surface area contributed by atoms with E-state index >= 15 is 0 Å². The van der Waals surface area contributed by atoms with E-state index in [4.69, 9.17) is 26.4 Å². The third kappa shape index (κ3) is 6.10. The Kier molecular flexibility index (Phi) is 7.59. The second kappa shape index (κ2) is 10.8. The average Bonchev–Trinajstić information content (AvgIpc) is 3.43. The Morgan fingerprint density at radius 2 is 1.85 bits per heavy atom. The van der Waals surface area contributed by atoms with E-state index < -0.39 is 5.97 Å². The second-order valence-electron chi connectivity index (χ2n) is 7.52. The summed E-state index contributed by atoms with van der Waals surface area (Å²) < 4.78 is 16.6. The normalized spacial score (nSPS) is 19.6. The first-order chi connectivity index (χ1) is 16.0. The van der Waals surface area contributed by atoms with Gasteiger partial charge < -0.3 is 14.2 Å². The number of hydrogen-bond acceptors (Lipinski definition) is 7. The number of carbonyl (C=O) groups is 2. The van der Waals surface area contributed by atoms with Gasteiger partial charge in [0, 0.05) is 12.7 Å². The van der Waals surface area contributed by atoms with Gasteiger partial charge in [-0.2, -0.15) is 0 Å². The molecule has 2 aromatic rings. The largest absolute Gasteiger partial charge is 0.497 e. The van der Waals surface area contributed by atoms with Gasteiger partial charge in [-0.15, -0.1) is 0 Å². The van der Waals surface area contributed by atoms with Crippen molar-refractivity contribution in [2.45, 2.75) is 18.9 Å². The van der Waals surface area contributed by atoms with Gasteiger partial charge in [-0.3, -0.25) is 9.69 Å². The summed E-state index contributed by atoms with van der Waals surface area (Å²) in [4.78, 5) is 27.1. The number of methoxy groups -OCH3 is 1. The molecule has 6 nitrogen and oxygen atoms in total. The number of esters is 1. The maximum absolute atomic E-state index is 12.8. The summed E-state index contributed by atoms with van der Waals surface area (Å²) in [6, 6.07) is 14.3. The summed E-state index contributed by atoms with van der Waals surface area (Å²) in [7, 11) is 1.60. The molecule has 0 N–H and O–H groups in total. The van der Waals surface area contributed by atoms with Gasteiger partial charge in [-0.05, 0) is 60.4 Å². The number of nitrogens with zero attached hydrogens (tertiary/aromatic N) is 1. The summed E-state index contributed by atoms with van der Waals surface area (Å²) in [5.41, 5.74) is 1.68. The summed E-state index contributed by atoms with van der Waals surface area (Å²) in [5, 5.41) is 0. The van der Waals surface area contributed by atoms with Gasteiger partial charge in [-0.25, -0.2) is 4.79 Å². The Balaban J connectivity index is 1.34. The van der Waals surface area contributed by atoms with Crippen molar-refractivity contribution in [2.75, 3.05) is 20.3 Å². The highest BCUT2D eigenvalue weighted by molar-refractivity contribution is 8.26.